The van der Waals surface area contributed by atoms with Crippen LogP contribution < -0.4 is 0 Å². The number of hydrogen-bond donors (Lipinski definition) is 0. The van der Waals surface area contributed by atoms with Crippen molar-refractivity contribution in [3.8, 4) is 0 Å². The molecule has 0 aromatic rings. The van der Waals surface area contributed by atoms with Gasteiger partial charge in [0.1, 0.15) is 6.29 Å². The number of carbonyl (C=O) groups is 1. The minimum Gasteiger partial charge on any atom is -0.350 e. The second-order valence-corrected chi connectivity index (χ2v) is 4.68. The van der Waals surface area contributed by atoms with Crippen molar-refractivity contribution in [2.75, 3.05) is 13.2 Å². The van der Waals surface area contributed by atoms with E-state index in [-0.39, 0.29) is 5.41 Å². The van der Waals surface area contributed by atoms with Crippen LogP contribution in [-0.4, -0.2) is 25.3 Å². The summed E-state index contributed by atoms with van der Waals surface area (Å²) in [5.74, 6) is -0.494. The summed E-state index contributed by atoms with van der Waals surface area (Å²) in [6.07, 6.45) is 5.01. The smallest absolute Gasteiger partial charge is 0.162 e. The van der Waals surface area contributed by atoms with Crippen LogP contribution in [0.2, 0.25) is 0 Å². The summed E-state index contributed by atoms with van der Waals surface area (Å²) in [5.41, 5.74) is -0.0574. The molecule has 1 rings (SSSR count). The van der Waals surface area contributed by atoms with Gasteiger partial charge in [-0.05, 0) is 26.7 Å². The van der Waals surface area contributed by atoms with E-state index < -0.39 is 5.79 Å². The number of carbonyl (C=O) groups excluding carboxylic acids is 1. The summed E-state index contributed by atoms with van der Waals surface area (Å²) < 4.78 is 11.3. The molecule has 0 amide bonds. The number of allylic oxidation sites excluding steroid dienone is 1. The van der Waals surface area contributed by atoms with Crippen LogP contribution in [0.4, 0.5) is 0 Å². The van der Waals surface area contributed by atoms with Gasteiger partial charge in [-0.25, -0.2) is 0 Å². The number of hydrogen-bond acceptors (Lipinski definition) is 3. The molecule has 0 bridgehead atoms. The molecule has 1 heterocycles. The first-order chi connectivity index (χ1) is 7.04. The monoisotopic (exact) mass is 212 g/mol. The second-order valence-electron chi connectivity index (χ2n) is 4.68. The molecule has 0 N–H and O–H groups in total. The van der Waals surface area contributed by atoms with Gasteiger partial charge in [0.15, 0.2) is 5.79 Å². The maximum atomic E-state index is 10.4. The Balaban J connectivity index is 2.59. The maximum absolute atomic E-state index is 10.4. The second kappa shape index (κ2) is 4.90. The van der Waals surface area contributed by atoms with Gasteiger partial charge in [0.05, 0.1) is 13.2 Å². The molecule has 1 fully saturated rings. The highest BCUT2D eigenvalue weighted by atomic mass is 16.7. The molecule has 0 saturated carbocycles. The molecule has 0 spiro atoms. The average molecular weight is 212 g/mol. The molecule has 0 radical (unpaired) electrons. The number of aldehydes is 1. The van der Waals surface area contributed by atoms with E-state index in [1.54, 1.807) is 0 Å². The topological polar surface area (TPSA) is 35.5 Å². The maximum Gasteiger partial charge on any atom is 0.162 e. The molecule has 0 unspecified atom stereocenters. The Morgan fingerprint density at radius 3 is 2.40 bits per heavy atom. The van der Waals surface area contributed by atoms with Crippen LogP contribution in [0.15, 0.2) is 12.7 Å². The van der Waals surface area contributed by atoms with E-state index in [0.29, 0.717) is 19.6 Å². The first-order valence-corrected chi connectivity index (χ1v) is 5.36. The van der Waals surface area contributed by atoms with E-state index in [0.717, 1.165) is 19.1 Å². The van der Waals surface area contributed by atoms with Gasteiger partial charge in [0.2, 0.25) is 0 Å². The lowest BCUT2D eigenvalue weighted by Gasteiger charge is -2.43. The molecule has 0 atom stereocenters. The van der Waals surface area contributed by atoms with Crippen molar-refractivity contribution >= 4 is 6.29 Å². The molecular formula is C12H20O3. The highest BCUT2D eigenvalue weighted by Crippen LogP contribution is 2.36. The van der Waals surface area contributed by atoms with Crippen LogP contribution in [0.3, 0.4) is 0 Å². The fourth-order valence-electron chi connectivity index (χ4n) is 1.77. The largest absolute Gasteiger partial charge is 0.350 e. The molecule has 0 aliphatic carbocycles. The zero-order valence-corrected chi connectivity index (χ0v) is 9.62. The van der Waals surface area contributed by atoms with Gasteiger partial charge in [-0.3, -0.25) is 0 Å². The molecule has 0 aromatic heterocycles. The quantitative estimate of drug-likeness (QED) is 0.518. The van der Waals surface area contributed by atoms with E-state index in [9.17, 15) is 4.79 Å². The molecular weight excluding hydrogens is 192 g/mol. The Morgan fingerprint density at radius 1 is 1.33 bits per heavy atom. The first kappa shape index (κ1) is 12.4. The molecule has 1 aliphatic heterocycles. The van der Waals surface area contributed by atoms with Crippen molar-refractivity contribution in [2.45, 2.75) is 38.9 Å². The molecule has 3 nitrogen and oxygen atoms in total. The summed E-state index contributed by atoms with van der Waals surface area (Å²) in [7, 11) is 0. The Kier molecular flexibility index (Phi) is 4.05. The van der Waals surface area contributed by atoms with E-state index in [2.05, 4.69) is 6.58 Å². The third kappa shape index (κ3) is 3.43. The highest BCUT2D eigenvalue weighted by Gasteiger charge is 2.38. The van der Waals surface area contributed by atoms with Gasteiger partial charge in [0, 0.05) is 11.8 Å². The summed E-state index contributed by atoms with van der Waals surface area (Å²) in [5, 5.41) is 0. The third-order valence-electron chi connectivity index (χ3n) is 2.82. The SMILES string of the molecule is C=CCC1(CCC=O)COC(C)(C)OC1. The van der Waals surface area contributed by atoms with Crippen LogP contribution in [0.5, 0.6) is 0 Å². The van der Waals surface area contributed by atoms with Crippen molar-refractivity contribution in [2.24, 2.45) is 5.41 Å². The van der Waals surface area contributed by atoms with Crippen LogP contribution in [0.1, 0.15) is 33.1 Å². The fraction of sp³-hybridized carbons (Fsp3) is 0.750. The van der Waals surface area contributed by atoms with Crippen molar-refractivity contribution in [1.82, 2.24) is 0 Å². The van der Waals surface area contributed by atoms with Gasteiger partial charge in [-0.2, -0.15) is 0 Å². The zero-order chi connectivity index (χ0) is 11.4. The number of rotatable bonds is 5. The molecule has 0 aromatic carbocycles. The van der Waals surface area contributed by atoms with Crippen LogP contribution >= 0.6 is 0 Å². The van der Waals surface area contributed by atoms with Crippen molar-refractivity contribution in [3.05, 3.63) is 12.7 Å². The highest BCUT2D eigenvalue weighted by molar-refractivity contribution is 5.49. The average Bonchev–Trinajstić information content (AvgIpc) is 2.20. The normalized spacial score (nSPS) is 23.3. The van der Waals surface area contributed by atoms with Crippen LogP contribution in [0, 0.1) is 5.41 Å². The Morgan fingerprint density at radius 2 is 1.93 bits per heavy atom. The Labute approximate surface area is 91.4 Å². The minimum atomic E-state index is -0.494. The standard InChI is InChI=1S/C12H20O3/c1-4-6-12(7-5-8-13)9-14-11(2,3)15-10-12/h4,8H,1,5-7,9-10H2,2-3H3. The lowest BCUT2D eigenvalue weighted by atomic mass is 9.81. The first-order valence-electron chi connectivity index (χ1n) is 5.36. The minimum absolute atomic E-state index is 0.0574. The predicted molar refractivity (Wildman–Crippen MR) is 58.5 cm³/mol. The third-order valence-corrected chi connectivity index (χ3v) is 2.82. The lowest BCUT2D eigenvalue weighted by Crippen LogP contribution is -2.46. The van der Waals surface area contributed by atoms with E-state index in [1.165, 1.54) is 0 Å². The molecule has 3 heteroatoms. The fourth-order valence-corrected chi connectivity index (χ4v) is 1.77. The van der Waals surface area contributed by atoms with Crippen molar-refractivity contribution in [1.29, 1.82) is 0 Å². The van der Waals surface area contributed by atoms with Crippen molar-refractivity contribution < 1.29 is 14.3 Å². The van der Waals surface area contributed by atoms with Gasteiger partial charge < -0.3 is 14.3 Å². The van der Waals surface area contributed by atoms with Gasteiger partial charge >= 0.3 is 0 Å². The van der Waals surface area contributed by atoms with Gasteiger partial charge in [0.25, 0.3) is 0 Å². The zero-order valence-electron chi connectivity index (χ0n) is 9.62. The van der Waals surface area contributed by atoms with Gasteiger partial charge in [-0.15, -0.1) is 6.58 Å². The molecule has 1 saturated heterocycles. The molecule has 1 aliphatic rings. The van der Waals surface area contributed by atoms with Crippen LogP contribution in [0.25, 0.3) is 0 Å². The Hall–Kier alpha value is -0.670. The Bertz CT molecular complexity index is 223. The summed E-state index contributed by atoms with van der Waals surface area (Å²) in [4.78, 5) is 10.4. The van der Waals surface area contributed by atoms with E-state index in [1.807, 2.05) is 19.9 Å². The van der Waals surface area contributed by atoms with Gasteiger partial charge in [-0.1, -0.05) is 6.08 Å². The summed E-state index contributed by atoms with van der Waals surface area (Å²) in [6.45, 7) is 8.84. The summed E-state index contributed by atoms with van der Waals surface area (Å²) in [6, 6.07) is 0. The molecule has 86 valence electrons. The predicted octanol–water partition coefficient (Wildman–Crippen LogP) is 2.31. The lowest BCUT2D eigenvalue weighted by molar-refractivity contribution is -0.285. The van der Waals surface area contributed by atoms with Crippen LogP contribution in [-0.2, 0) is 14.3 Å². The van der Waals surface area contributed by atoms with E-state index >= 15 is 0 Å². The van der Waals surface area contributed by atoms with E-state index in [4.69, 9.17) is 9.47 Å². The summed E-state index contributed by atoms with van der Waals surface area (Å²) >= 11 is 0. The number of ether oxygens (including phenoxy) is 2. The molecule has 15 heavy (non-hydrogen) atoms. The van der Waals surface area contributed by atoms with Crippen molar-refractivity contribution in [3.63, 3.8) is 0 Å².